The Balaban J connectivity index is 1.92. The molecule has 2 unspecified atom stereocenters. The fraction of sp³-hybridized carbons (Fsp3) is 1.00. The molecular weight excluding hydrogens is 224 g/mol. The molecule has 1 aliphatic heterocycles. The second kappa shape index (κ2) is 10.8. The summed E-state index contributed by atoms with van der Waals surface area (Å²) in [6.45, 7) is 5.34. The van der Waals surface area contributed by atoms with Crippen LogP contribution in [0.3, 0.4) is 0 Å². The zero-order valence-corrected chi connectivity index (χ0v) is 12.5. The van der Waals surface area contributed by atoms with Crippen LogP contribution in [0.5, 0.6) is 0 Å². The monoisotopic (exact) mass is 256 g/mol. The minimum absolute atomic E-state index is 0.0998. The van der Waals surface area contributed by atoms with Crippen LogP contribution in [0.15, 0.2) is 0 Å². The fourth-order valence-corrected chi connectivity index (χ4v) is 2.52. The van der Waals surface area contributed by atoms with Gasteiger partial charge in [0, 0.05) is 0 Å². The first kappa shape index (κ1) is 16.0. The molecule has 1 aliphatic rings. The van der Waals surface area contributed by atoms with E-state index in [2.05, 4.69) is 13.8 Å². The molecule has 0 aliphatic carbocycles. The third kappa shape index (κ3) is 7.38. The zero-order chi connectivity index (χ0) is 13.1. The minimum atomic E-state index is 0.0998. The van der Waals surface area contributed by atoms with E-state index in [1.54, 1.807) is 0 Å². The van der Waals surface area contributed by atoms with Gasteiger partial charge in [-0.3, -0.25) is 0 Å². The molecular formula is C16H32O2. The highest BCUT2D eigenvalue weighted by atomic mass is 16.7. The Bertz CT molecular complexity index is 182. The van der Waals surface area contributed by atoms with Crippen LogP contribution in [0.4, 0.5) is 0 Å². The van der Waals surface area contributed by atoms with Gasteiger partial charge in [-0.15, -0.1) is 0 Å². The van der Waals surface area contributed by atoms with E-state index >= 15 is 0 Å². The summed E-state index contributed by atoms with van der Waals surface area (Å²) in [4.78, 5) is 0. The molecule has 2 atom stereocenters. The van der Waals surface area contributed by atoms with E-state index in [0.29, 0.717) is 6.10 Å². The minimum Gasteiger partial charge on any atom is -0.350 e. The van der Waals surface area contributed by atoms with Crippen LogP contribution in [0, 0.1) is 0 Å². The van der Waals surface area contributed by atoms with Crippen molar-refractivity contribution in [3.63, 3.8) is 0 Å². The number of hydrogen-bond acceptors (Lipinski definition) is 2. The van der Waals surface area contributed by atoms with Crippen molar-refractivity contribution in [3.8, 4) is 0 Å². The molecule has 0 radical (unpaired) electrons. The summed E-state index contributed by atoms with van der Waals surface area (Å²) >= 11 is 0. The molecule has 0 aromatic heterocycles. The van der Waals surface area contributed by atoms with Crippen LogP contribution >= 0.6 is 0 Å². The normalized spacial score (nSPS) is 23.7. The predicted octanol–water partition coefficient (Wildman–Crippen LogP) is 5.06. The molecule has 1 fully saturated rings. The SMILES string of the molecule is CCCCCCCC1OCC(CCCCCC)O1. The lowest BCUT2D eigenvalue weighted by atomic mass is 10.1. The molecule has 0 saturated carbocycles. The van der Waals surface area contributed by atoms with Crippen LogP contribution in [0.25, 0.3) is 0 Å². The topological polar surface area (TPSA) is 18.5 Å². The Morgan fingerprint density at radius 3 is 2.11 bits per heavy atom. The van der Waals surface area contributed by atoms with Crippen LogP contribution in [0.2, 0.25) is 0 Å². The average molecular weight is 256 g/mol. The molecule has 1 saturated heterocycles. The summed E-state index contributed by atoms with van der Waals surface area (Å²) in [6, 6.07) is 0. The summed E-state index contributed by atoms with van der Waals surface area (Å²) in [5.74, 6) is 0. The van der Waals surface area contributed by atoms with Gasteiger partial charge in [0.05, 0.1) is 12.7 Å². The summed E-state index contributed by atoms with van der Waals surface area (Å²) in [5, 5.41) is 0. The molecule has 108 valence electrons. The Morgan fingerprint density at radius 2 is 1.39 bits per heavy atom. The molecule has 0 aromatic carbocycles. The fourth-order valence-electron chi connectivity index (χ4n) is 2.52. The molecule has 0 spiro atoms. The third-order valence-electron chi connectivity index (χ3n) is 3.74. The van der Waals surface area contributed by atoms with Crippen LogP contribution in [0.1, 0.15) is 84.5 Å². The van der Waals surface area contributed by atoms with Gasteiger partial charge in [0.1, 0.15) is 0 Å². The van der Waals surface area contributed by atoms with E-state index in [9.17, 15) is 0 Å². The van der Waals surface area contributed by atoms with Crippen molar-refractivity contribution < 1.29 is 9.47 Å². The first-order chi connectivity index (χ1) is 8.86. The van der Waals surface area contributed by atoms with Gasteiger partial charge in [-0.25, -0.2) is 0 Å². The van der Waals surface area contributed by atoms with Gasteiger partial charge in [0.15, 0.2) is 6.29 Å². The maximum Gasteiger partial charge on any atom is 0.158 e. The molecule has 1 heterocycles. The van der Waals surface area contributed by atoms with E-state index in [-0.39, 0.29) is 6.29 Å². The highest BCUT2D eigenvalue weighted by Gasteiger charge is 2.24. The van der Waals surface area contributed by atoms with Crippen molar-refractivity contribution >= 4 is 0 Å². The molecule has 18 heavy (non-hydrogen) atoms. The maximum atomic E-state index is 5.93. The molecule has 1 rings (SSSR count). The molecule has 0 bridgehead atoms. The largest absolute Gasteiger partial charge is 0.350 e. The highest BCUT2D eigenvalue weighted by molar-refractivity contribution is 4.66. The van der Waals surface area contributed by atoms with E-state index in [0.717, 1.165) is 13.0 Å². The van der Waals surface area contributed by atoms with E-state index in [1.165, 1.54) is 64.2 Å². The zero-order valence-electron chi connectivity index (χ0n) is 12.5. The van der Waals surface area contributed by atoms with Crippen LogP contribution in [-0.2, 0) is 9.47 Å². The number of ether oxygens (including phenoxy) is 2. The molecule has 2 heteroatoms. The lowest BCUT2D eigenvalue weighted by molar-refractivity contribution is -0.0643. The maximum absolute atomic E-state index is 5.93. The third-order valence-corrected chi connectivity index (χ3v) is 3.74. The van der Waals surface area contributed by atoms with E-state index < -0.39 is 0 Å². The number of hydrogen-bond donors (Lipinski definition) is 0. The van der Waals surface area contributed by atoms with Crippen molar-refractivity contribution in [2.75, 3.05) is 6.61 Å². The Morgan fingerprint density at radius 1 is 0.778 bits per heavy atom. The summed E-state index contributed by atoms with van der Waals surface area (Å²) in [7, 11) is 0. The standard InChI is InChI=1S/C16H32O2/c1-3-5-7-9-11-13-16-17-14-15(18-16)12-10-8-6-4-2/h15-16H,3-14H2,1-2H3. The lowest BCUT2D eigenvalue weighted by Gasteiger charge is -2.11. The smallest absolute Gasteiger partial charge is 0.158 e. The van der Waals surface area contributed by atoms with Crippen molar-refractivity contribution in [3.05, 3.63) is 0 Å². The molecule has 2 nitrogen and oxygen atoms in total. The second-order valence-electron chi connectivity index (χ2n) is 5.57. The average Bonchev–Trinajstić information content (AvgIpc) is 2.82. The molecule has 0 aromatic rings. The van der Waals surface area contributed by atoms with Crippen molar-refractivity contribution in [2.45, 2.75) is 96.9 Å². The summed E-state index contributed by atoms with van der Waals surface area (Å²) < 4.78 is 11.6. The van der Waals surface area contributed by atoms with Crippen LogP contribution in [-0.4, -0.2) is 19.0 Å². The Hall–Kier alpha value is -0.0800. The predicted molar refractivity (Wildman–Crippen MR) is 76.7 cm³/mol. The van der Waals surface area contributed by atoms with Gasteiger partial charge in [-0.05, 0) is 19.3 Å². The summed E-state index contributed by atoms with van der Waals surface area (Å²) in [5.41, 5.74) is 0. The van der Waals surface area contributed by atoms with Gasteiger partial charge in [-0.2, -0.15) is 0 Å². The first-order valence-electron chi connectivity index (χ1n) is 8.13. The lowest BCUT2D eigenvalue weighted by Crippen LogP contribution is -2.12. The van der Waals surface area contributed by atoms with E-state index in [4.69, 9.17) is 9.47 Å². The second-order valence-corrected chi connectivity index (χ2v) is 5.57. The van der Waals surface area contributed by atoms with Crippen LogP contribution < -0.4 is 0 Å². The van der Waals surface area contributed by atoms with Gasteiger partial charge in [-0.1, -0.05) is 65.2 Å². The van der Waals surface area contributed by atoms with Crippen molar-refractivity contribution in [1.29, 1.82) is 0 Å². The Kier molecular flexibility index (Phi) is 9.59. The van der Waals surface area contributed by atoms with Gasteiger partial charge < -0.3 is 9.47 Å². The van der Waals surface area contributed by atoms with Crippen molar-refractivity contribution in [1.82, 2.24) is 0 Å². The van der Waals surface area contributed by atoms with Gasteiger partial charge in [0.25, 0.3) is 0 Å². The van der Waals surface area contributed by atoms with Crippen molar-refractivity contribution in [2.24, 2.45) is 0 Å². The van der Waals surface area contributed by atoms with Gasteiger partial charge >= 0.3 is 0 Å². The quantitative estimate of drug-likeness (QED) is 0.481. The van der Waals surface area contributed by atoms with E-state index in [1.807, 2.05) is 0 Å². The summed E-state index contributed by atoms with van der Waals surface area (Å²) in [6.07, 6.45) is 14.7. The number of rotatable bonds is 11. The Labute approximate surface area is 113 Å². The molecule has 0 amide bonds. The first-order valence-corrected chi connectivity index (χ1v) is 8.13. The number of unbranched alkanes of at least 4 members (excludes halogenated alkanes) is 7. The molecule has 0 N–H and O–H groups in total. The van der Waals surface area contributed by atoms with Gasteiger partial charge in [0.2, 0.25) is 0 Å². The highest BCUT2D eigenvalue weighted by Crippen LogP contribution is 2.21.